The molecule has 17 heavy (non-hydrogen) atoms. The minimum absolute atomic E-state index is 0.128. The summed E-state index contributed by atoms with van der Waals surface area (Å²) >= 11 is 0. The van der Waals surface area contributed by atoms with Crippen molar-refractivity contribution in [1.82, 2.24) is 0 Å². The number of carbonyl (C=O) groups excluding carboxylic acids is 1. The van der Waals surface area contributed by atoms with Crippen molar-refractivity contribution in [3.63, 3.8) is 0 Å². The number of rotatable bonds is 3. The molecule has 1 aromatic rings. The van der Waals surface area contributed by atoms with Crippen molar-refractivity contribution in [2.45, 2.75) is 0 Å². The maximum Gasteiger partial charge on any atom is 0.350 e. The second kappa shape index (κ2) is 5.94. The summed E-state index contributed by atoms with van der Waals surface area (Å²) in [5, 5.41) is 20.1. The van der Waals surface area contributed by atoms with E-state index in [0.717, 1.165) is 0 Å². The van der Waals surface area contributed by atoms with Crippen LogP contribution in [-0.2, 0) is 9.53 Å². The van der Waals surface area contributed by atoms with Crippen molar-refractivity contribution in [2.75, 3.05) is 12.4 Å². The van der Waals surface area contributed by atoms with Crippen molar-refractivity contribution in [2.24, 2.45) is 0 Å². The Morgan fingerprint density at radius 2 is 2.00 bits per heavy atom. The van der Waals surface area contributed by atoms with Crippen molar-refractivity contribution in [3.05, 3.63) is 41.6 Å². The van der Waals surface area contributed by atoms with Crippen LogP contribution in [0.1, 0.15) is 5.56 Å². The normalized spacial score (nSPS) is 9.94. The molecule has 0 atom stereocenters. The Bertz CT molecular complexity index is 518. The molecule has 0 aromatic heterocycles. The van der Waals surface area contributed by atoms with E-state index < -0.39 is 5.97 Å². The molecule has 0 heterocycles. The van der Waals surface area contributed by atoms with Crippen LogP contribution in [0.5, 0.6) is 0 Å². The lowest BCUT2D eigenvalue weighted by molar-refractivity contribution is -0.135. The lowest BCUT2D eigenvalue weighted by Crippen LogP contribution is -2.05. The molecular weight excluding hydrogens is 218 g/mol. The topological polar surface area (TPSA) is 85.9 Å². The molecule has 0 aliphatic heterocycles. The lowest BCUT2D eigenvalue weighted by atomic mass is 10.2. The first-order valence-electron chi connectivity index (χ1n) is 4.66. The van der Waals surface area contributed by atoms with Gasteiger partial charge in [-0.3, -0.25) is 0 Å². The molecule has 0 saturated carbocycles. The third kappa shape index (κ3) is 3.37. The van der Waals surface area contributed by atoms with Crippen LogP contribution in [0.15, 0.2) is 36.0 Å². The Hall–Kier alpha value is -2.79. The molecular formula is C12H9N3O2. The number of hydrogen-bond donors (Lipinski definition) is 1. The van der Waals surface area contributed by atoms with Gasteiger partial charge in [-0.2, -0.15) is 10.5 Å². The predicted octanol–water partition coefficient (Wildman–Crippen LogP) is 1.55. The molecule has 84 valence electrons. The first kappa shape index (κ1) is 12.3. The number of esters is 1. The highest BCUT2D eigenvalue weighted by molar-refractivity contribution is 5.92. The minimum Gasteiger partial charge on any atom is -0.465 e. The number of nitrogens with one attached hydrogen (secondary N) is 1. The van der Waals surface area contributed by atoms with Gasteiger partial charge in [0.05, 0.1) is 18.7 Å². The summed E-state index contributed by atoms with van der Waals surface area (Å²) in [5.74, 6) is -0.700. The summed E-state index contributed by atoms with van der Waals surface area (Å²) in [6.45, 7) is 0. The van der Waals surface area contributed by atoms with E-state index in [-0.39, 0.29) is 5.57 Å². The van der Waals surface area contributed by atoms with Crippen LogP contribution in [0.3, 0.4) is 0 Å². The number of methoxy groups -OCH3 is 1. The maximum absolute atomic E-state index is 11.1. The Morgan fingerprint density at radius 3 is 2.47 bits per heavy atom. The summed E-state index contributed by atoms with van der Waals surface area (Å²) < 4.78 is 4.42. The van der Waals surface area contributed by atoms with Gasteiger partial charge in [-0.05, 0) is 24.3 Å². The molecule has 1 rings (SSSR count). The zero-order valence-corrected chi connectivity index (χ0v) is 9.10. The first-order chi connectivity index (χ1) is 8.21. The van der Waals surface area contributed by atoms with Gasteiger partial charge in [-0.15, -0.1) is 0 Å². The second-order valence-electron chi connectivity index (χ2n) is 2.99. The van der Waals surface area contributed by atoms with Crippen molar-refractivity contribution < 1.29 is 9.53 Å². The van der Waals surface area contributed by atoms with Gasteiger partial charge in [0.25, 0.3) is 0 Å². The van der Waals surface area contributed by atoms with Crippen molar-refractivity contribution >= 4 is 11.7 Å². The van der Waals surface area contributed by atoms with Gasteiger partial charge in [-0.1, -0.05) is 0 Å². The van der Waals surface area contributed by atoms with Crippen LogP contribution in [0.4, 0.5) is 5.69 Å². The quantitative estimate of drug-likeness (QED) is 0.481. The fourth-order valence-corrected chi connectivity index (χ4v) is 1.04. The monoisotopic (exact) mass is 227 g/mol. The predicted molar refractivity (Wildman–Crippen MR) is 60.5 cm³/mol. The van der Waals surface area contributed by atoms with Crippen LogP contribution < -0.4 is 5.32 Å². The number of nitrogens with zero attached hydrogens (tertiary/aromatic N) is 2. The van der Waals surface area contributed by atoms with Crippen LogP contribution >= 0.6 is 0 Å². The number of ether oxygens (including phenoxy) is 1. The molecule has 0 saturated heterocycles. The van der Waals surface area contributed by atoms with E-state index in [2.05, 4.69) is 10.1 Å². The van der Waals surface area contributed by atoms with Gasteiger partial charge < -0.3 is 10.1 Å². The summed E-state index contributed by atoms with van der Waals surface area (Å²) in [5.41, 5.74) is 1.07. The van der Waals surface area contributed by atoms with Gasteiger partial charge in [0.1, 0.15) is 6.07 Å². The Labute approximate surface area is 98.5 Å². The number of hydrogen-bond acceptors (Lipinski definition) is 5. The lowest BCUT2D eigenvalue weighted by Gasteiger charge is -2.01. The SMILES string of the molecule is COC(=O)C(C#N)=CNc1ccc(C#N)cc1. The second-order valence-corrected chi connectivity index (χ2v) is 2.99. The number of benzene rings is 1. The van der Waals surface area contributed by atoms with Gasteiger partial charge >= 0.3 is 5.97 Å². The molecule has 0 fully saturated rings. The highest BCUT2D eigenvalue weighted by Gasteiger charge is 2.07. The largest absolute Gasteiger partial charge is 0.465 e. The van der Waals surface area contributed by atoms with Crippen LogP contribution in [0.25, 0.3) is 0 Å². The maximum atomic E-state index is 11.1. The zero-order valence-electron chi connectivity index (χ0n) is 9.10. The molecule has 0 aliphatic rings. The average molecular weight is 227 g/mol. The molecule has 1 aromatic carbocycles. The summed E-state index contributed by atoms with van der Waals surface area (Å²) in [4.78, 5) is 11.1. The third-order valence-corrected chi connectivity index (χ3v) is 1.92. The molecule has 5 heteroatoms. The van der Waals surface area contributed by atoms with E-state index >= 15 is 0 Å². The molecule has 0 spiro atoms. The van der Waals surface area contributed by atoms with Crippen LogP contribution in [0, 0.1) is 22.7 Å². The fourth-order valence-electron chi connectivity index (χ4n) is 1.04. The Balaban J connectivity index is 2.78. The van der Waals surface area contributed by atoms with Gasteiger partial charge in [0.15, 0.2) is 5.57 Å². The standard InChI is InChI=1S/C12H9N3O2/c1-17-12(16)10(7-14)8-15-11-4-2-9(6-13)3-5-11/h2-5,8,15H,1H3. The molecule has 0 aliphatic carbocycles. The van der Waals surface area contributed by atoms with E-state index in [4.69, 9.17) is 10.5 Å². The average Bonchev–Trinajstić information content (AvgIpc) is 2.39. The Morgan fingerprint density at radius 1 is 1.35 bits per heavy atom. The highest BCUT2D eigenvalue weighted by Crippen LogP contribution is 2.09. The molecule has 0 bridgehead atoms. The van der Waals surface area contributed by atoms with Gasteiger partial charge in [-0.25, -0.2) is 4.79 Å². The van der Waals surface area contributed by atoms with E-state index in [0.29, 0.717) is 11.3 Å². The number of nitriles is 2. The zero-order chi connectivity index (χ0) is 12.7. The van der Waals surface area contributed by atoms with Crippen molar-refractivity contribution in [1.29, 1.82) is 10.5 Å². The first-order valence-corrected chi connectivity index (χ1v) is 4.66. The fraction of sp³-hybridized carbons (Fsp3) is 0.0833. The molecule has 5 nitrogen and oxygen atoms in total. The van der Waals surface area contributed by atoms with Gasteiger partial charge in [0, 0.05) is 11.9 Å². The summed E-state index contributed by atoms with van der Waals surface area (Å²) in [6, 6.07) is 10.3. The van der Waals surface area contributed by atoms with E-state index in [1.54, 1.807) is 30.3 Å². The molecule has 0 unspecified atom stereocenters. The van der Waals surface area contributed by atoms with Crippen molar-refractivity contribution in [3.8, 4) is 12.1 Å². The summed E-state index contributed by atoms with van der Waals surface area (Å²) in [6.07, 6.45) is 1.26. The van der Waals surface area contributed by atoms with Crippen LogP contribution in [0.2, 0.25) is 0 Å². The molecule has 1 N–H and O–H groups in total. The number of anilines is 1. The Kier molecular flexibility index (Phi) is 4.29. The van der Waals surface area contributed by atoms with Gasteiger partial charge in [0.2, 0.25) is 0 Å². The molecule has 0 radical (unpaired) electrons. The minimum atomic E-state index is -0.700. The van der Waals surface area contributed by atoms with E-state index in [1.165, 1.54) is 13.3 Å². The van der Waals surface area contributed by atoms with E-state index in [1.807, 2.05) is 6.07 Å². The third-order valence-electron chi connectivity index (χ3n) is 1.92. The highest BCUT2D eigenvalue weighted by atomic mass is 16.5. The number of carbonyl (C=O) groups is 1. The van der Waals surface area contributed by atoms with E-state index in [9.17, 15) is 4.79 Å². The summed E-state index contributed by atoms with van der Waals surface area (Å²) in [7, 11) is 1.20. The van der Waals surface area contributed by atoms with Crippen LogP contribution in [-0.4, -0.2) is 13.1 Å². The molecule has 0 amide bonds. The smallest absolute Gasteiger partial charge is 0.350 e.